The van der Waals surface area contributed by atoms with Crippen LogP contribution in [0.15, 0.2) is 18.2 Å². The smallest absolute Gasteiger partial charge is 0.321 e. The fourth-order valence-corrected chi connectivity index (χ4v) is 4.41. The first-order chi connectivity index (χ1) is 11.5. The third-order valence-electron chi connectivity index (χ3n) is 5.55. The minimum atomic E-state index is -0.141. The maximum absolute atomic E-state index is 12.9. The Morgan fingerprint density at radius 3 is 2.76 bits per heavy atom. The highest BCUT2D eigenvalue weighted by Gasteiger charge is 2.42. The Morgan fingerprint density at radius 1 is 1.28 bits per heavy atom. The molecular formula is C17H22Cl2N4O2. The first-order valence-corrected chi connectivity index (χ1v) is 8.82. The summed E-state index contributed by atoms with van der Waals surface area (Å²) in [5, 5.41) is 3.18. The lowest BCUT2D eigenvalue weighted by Crippen LogP contribution is -2.34. The Labute approximate surface area is 158 Å². The number of likely N-dealkylation sites (tertiary alicyclic amines) is 1. The summed E-state index contributed by atoms with van der Waals surface area (Å²) in [7, 11) is 0. The van der Waals surface area contributed by atoms with Crippen LogP contribution in [0.2, 0.25) is 5.02 Å². The zero-order valence-corrected chi connectivity index (χ0v) is 15.4. The van der Waals surface area contributed by atoms with E-state index in [2.05, 4.69) is 5.32 Å². The number of nitrogens with one attached hydrogen (secondary N) is 1. The number of urea groups is 1. The van der Waals surface area contributed by atoms with Gasteiger partial charge in [0.25, 0.3) is 5.91 Å². The van der Waals surface area contributed by atoms with Crippen LogP contribution in [-0.2, 0) is 0 Å². The highest BCUT2D eigenvalue weighted by Crippen LogP contribution is 2.38. The summed E-state index contributed by atoms with van der Waals surface area (Å²) in [6.45, 7) is 2.66. The molecule has 3 atom stereocenters. The van der Waals surface area contributed by atoms with Crippen LogP contribution in [0.1, 0.15) is 23.2 Å². The molecule has 0 bridgehead atoms. The van der Waals surface area contributed by atoms with E-state index in [0.717, 1.165) is 19.4 Å². The molecular weight excluding hydrogens is 363 g/mol. The molecule has 3 amide bonds. The molecule has 6 nitrogen and oxygen atoms in total. The minimum absolute atomic E-state index is 0. The van der Waals surface area contributed by atoms with E-state index in [-0.39, 0.29) is 30.4 Å². The second-order valence-electron chi connectivity index (χ2n) is 6.92. The predicted octanol–water partition coefficient (Wildman–Crippen LogP) is 2.10. The minimum Gasteiger partial charge on any atom is -0.338 e. The summed E-state index contributed by atoms with van der Waals surface area (Å²) in [5.74, 6) is 0.846. The van der Waals surface area contributed by atoms with Crippen molar-refractivity contribution in [2.45, 2.75) is 18.9 Å². The van der Waals surface area contributed by atoms with E-state index in [9.17, 15) is 9.59 Å². The molecule has 1 aromatic carbocycles. The number of carbonyl (C=O) groups excluding carboxylic acids is 2. The zero-order valence-electron chi connectivity index (χ0n) is 13.8. The fraction of sp³-hybridized carbons (Fsp3) is 0.529. The van der Waals surface area contributed by atoms with Crippen molar-refractivity contribution in [3.8, 4) is 0 Å². The molecule has 2 aliphatic heterocycles. The lowest BCUT2D eigenvalue weighted by Gasteiger charge is -2.21. The molecule has 3 unspecified atom stereocenters. The first kappa shape index (κ1) is 18.3. The largest absolute Gasteiger partial charge is 0.338 e. The van der Waals surface area contributed by atoms with Gasteiger partial charge in [0.2, 0.25) is 0 Å². The number of nitrogens with zero attached hydrogens (tertiary/aromatic N) is 2. The normalized spacial score (nSPS) is 27.9. The number of hydrogen-bond donors (Lipinski definition) is 2. The summed E-state index contributed by atoms with van der Waals surface area (Å²) in [5.41, 5.74) is 7.32. The number of carbonyl (C=O) groups is 2. The number of amides is 3. The van der Waals surface area contributed by atoms with Gasteiger partial charge >= 0.3 is 6.03 Å². The number of fused-ring (bicyclic) bond motifs is 1. The van der Waals surface area contributed by atoms with E-state index < -0.39 is 0 Å². The average molecular weight is 385 g/mol. The van der Waals surface area contributed by atoms with Gasteiger partial charge in [-0.25, -0.2) is 4.79 Å². The summed E-state index contributed by atoms with van der Waals surface area (Å²) in [6.07, 6.45) is 2.15. The van der Waals surface area contributed by atoms with Gasteiger partial charge in [-0.05, 0) is 42.9 Å². The van der Waals surface area contributed by atoms with Crippen molar-refractivity contribution >= 4 is 41.6 Å². The Hall–Kier alpha value is -1.50. The first-order valence-electron chi connectivity index (χ1n) is 8.44. The molecule has 3 fully saturated rings. The van der Waals surface area contributed by atoms with Gasteiger partial charge in [-0.2, -0.15) is 0 Å². The van der Waals surface area contributed by atoms with Crippen molar-refractivity contribution in [1.82, 2.24) is 10.2 Å². The summed E-state index contributed by atoms with van der Waals surface area (Å²) in [6, 6.07) is 5.25. The van der Waals surface area contributed by atoms with Gasteiger partial charge in [0.1, 0.15) is 0 Å². The summed E-state index contributed by atoms with van der Waals surface area (Å²) < 4.78 is 0. The Morgan fingerprint density at radius 2 is 2.08 bits per heavy atom. The number of hydrogen-bond acceptors (Lipinski definition) is 3. The van der Waals surface area contributed by atoms with Crippen molar-refractivity contribution in [3.05, 3.63) is 28.8 Å². The summed E-state index contributed by atoms with van der Waals surface area (Å²) in [4.78, 5) is 28.3. The van der Waals surface area contributed by atoms with Crippen LogP contribution < -0.4 is 16.0 Å². The number of benzene rings is 1. The van der Waals surface area contributed by atoms with E-state index in [1.807, 2.05) is 4.90 Å². The van der Waals surface area contributed by atoms with Crippen LogP contribution in [-0.4, -0.2) is 49.1 Å². The Balaban J connectivity index is 0.00000182. The predicted molar refractivity (Wildman–Crippen MR) is 99.5 cm³/mol. The van der Waals surface area contributed by atoms with Crippen molar-refractivity contribution in [2.24, 2.45) is 17.6 Å². The van der Waals surface area contributed by atoms with E-state index in [4.69, 9.17) is 17.3 Å². The molecule has 2 saturated heterocycles. The van der Waals surface area contributed by atoms with E-state index in [1.54, 1.807) is 23.1 Å². The molecule has 0 aromatic heterocycles. The lowest BCUT2D eigenvalue weighted by molar-refractivity contribution is 0.0779. The third kappa shape index (κ3) is 3.18. The van der Waals surface area contributed by atoms with E-state index in [0.29, 0.717) is 47.7 Å². The quantitative estimate of drug-likeness (QED) is 0.819. The average Bonchev–Trinajstić information content (AvgIpc) is 3.25. The van der Waals surface area contributed by atoms with Crippen molar-refractivity contribution in [1.29, 1.82) is 0 Å². The van der Waals surface area contributed by atoms with E-state index in [1.165, 1.54) is 0 Å². The second kappa shape index (κ2) is 7.02. The monoisotopic (exact) mass is 384 g/mol. The molecule has 25 heavy (non-hydrogen) atoms. The highest BCUT2D eigenvalue weighted by molar-refractivity contribution is 6.34. The molecule has 0 radical (unpaired) electrons. The van der Waals surface area contributed by atoms with Crippen LogP contribution in [0.3, 0.4) is 0 Å². The maximum atomic E-state index is 12.9. The Kier molecular flexibility index (Phi) is 5.14. The molecule has 3 N–H and O–H groups in total. The topological polar surface area (TPSA) is 78.7 Å². The number of halogens is 2. The fourth-order valence-electron chi connectivity index (χ4n) is 4.21. The lowest BCUT2D eigenvalue weighted by atomic mass is 9.98. The molecule has 1 saturated carbocycles. The van der Waals surface area contributed by atoms with Gasteiger partial charge in [-0.1, -0.05) is 11.6 Å². The van der Waals surface area contributed by atoms with Gasteiger partial charge in [0.15, 0.2) is 0 Å². The summed E-state index contributed by atoms with van der Waals surface area (Å²) >= 11 is 6.27. The number of rotatable bonds is 2. The number of anilines is 1. The standard InChI is InChI=1S/C17H21ClN4O2.ClH/c18-14-3-2-11(22-6-5-20-17(22)24)7-12(14)16(23)21-8-10-1-4-15(19)13(10)9-21;/h2-3,7,10,13,15H,1,4-6,8-9,19H2,(H,20,24);1H. The van der Waals surface area contributed by atoms with Crippen molar-refractivity contribution < 1.29 is 9.59 Å². The van der Waals surface area contributed by atoms with Gasteiger partial charge in [-0.3, -0.25) is 9.69 Å². The van der Waals surface area contributed by atoms with E-state index >= 15 is 0 Å². The molecule has 1 aliphatic carbocycles. The zero-order chi connectivity index (χ0) is 16.8. The van der Waals surface area contributed by atoms with Gasteiger partial charge in [0, 0.05) is 37.9 Å². The van der Waals surface area contributed by atoms with Gasteiger partial charge in [-0.15, -0.1) is 12.4 Å². The molecule has 136 valence electrons. The van der Waals surface area contributed by atoms with Crippen LogP contribution in [0.4, 0.5) is 10.5 Å². The Bertz CT molecular complexity index is 699. The molecule has 2 heterocycles. The second-order valence-corrected chi connectivity index (χ2v) is 7.33. The molecule has 4 rings (SSSR count). The molecule has 1 aromatic rings. The van der Waals surface area contributed by atoms with Gasteiger partial charge in [0.05, 0.1) is 10.6 Å². The van der Waals surface area contributed by atoms with Crippen LogP contribution in [0.25, 0.3) is 0 Å². The maximum Gasteiger partial charge on any atom is 0.321 e. The van der Waals surface area contributed by atoms with Crippen LogP contribution >= 0.6 is 24.0 Å². The van der Waals surface area contributed by atoms with Crippen molar-refractivity contribution in [3.63, 3.8) is 0 Å². The molecule has 8 heteroatoms. The SMILES string of the molecule is Cl.NC1CCC2CN(C(=O)c3cc(N4CCNC4=O)ccc3Cl)CC12. The molecule has 0 spiro atoms. The van der Waals surface area contributed by atoms with Crippen LogP contribution in [0.5, 0.6) is 0 Å². The van der Waals surface area contributed by atoms with Crippen molar-refractivity contribution in [2.75, 3.05) is 31.1 Å². The third-order valence-corrected chi connectivity index (χ3v) is 5.88. The number of nitrogens with two attached hydrogens (primary N) is 1. The van der Waals surface area contributed by atoms with Gasteiger partial charge < -0.3 is 16.0 Å². The van der Waals surface area contributed by atoms with Crippen LogP contribution in [0, 0.1) is 11.8 Å². The highest BCUT2D eigenvalue weighted by atomic mass is 35.5. The molecule has 3 aliphatic rings.